The molecule has 3 heteroatoms. The maximum Gasteiger partial charge on any atom is 0.223 e. The van der Waals surface area contributed by atoms with Gasteiger partial charge < -0.3 is 4.12 Å². The Hall–Kier alpha value is -1.69. The Balaban J connectivity index is 1.31. The van der Waals surface area contributed by atoms with Crippen molar-refractivity contribution < 1.29 is 4.12 Å². The molecule has 0 N–H and O–H groups in total. The molecule has 0 spiro atoms. The van der Waals surface area contributed by atoms with Crippen molar-refractivity contribution in [1.29, 1.82) is 0 Å². The second-order valence-electron chi connectivity index (χ2n) is 7.05. The highest BCUT2D eigenvalue weighted by Gasteiger charge is 2.13. The second kappa shape index (κ2) is 7.28. The molecule has 0 saturated carbocycles. The van der Waals surface area contributed by atoms with Gasteiger partial charge in [-0.2, -0.15) is 0 Å². The molecule has 0 unspecified atom stereocenters. The van der Waals surface area contributed by atoms with Crippen LogP contribution in [0.15, 0.2) is 47.8 Å². The van der Waals surface area contributed by atoms with Gasteiger partial charge in [0.2, 0.25) is 18.1 Å². The van der Waals surface area contributed by atoms with Crippen LogP contribution in [0.25, 0.3) is 12.2 Å². The van der Waals surface area contributed by atoms with E-state index in [1.807, 2.05) is 0 Å². The summed E-state index contributed by atoms with van der Waals surface area (Å²) in [5.41, 5.74) is 13.3. The van der Waals surface area contributed by atoms with Crippen LogP contribution in [-0.4, -0.2) is 18.1 Å². The van der Waals surface area contributed by atoms with Crippen molar-refractivity contribution in [2.24, 2.45) is 0 Å². The third-order valence-corrected chi connectivity index (χ3v) is 8.98. The van der Waals surface area contributed by atoms with E-state index in [-0.39, 0.29) is 0 Å². The van der Waals surface area contributed by atoms with Crippen molar-refractivity contribution in [1.82, 2.24) is 0 Å². The number of aryl methyl sites for hydroxylation is 4. The Bertz CT molecular complexity index is 768. The molecule has 1 nitrogen and oxygen atoms in total. The molecule has 4 rings (SSSR count). The predicted molar refractivity (Wildman–Crippen MR) is 110 cm³/mol. The van der Waals surface area contributed by atoms with Gasteiger partial charge in [-0.15, -0.1) is 0 Å². The molecule has 0 saturated heterocycles. The summed E-state index contributed by atoms with van der Waals surface area (Å²) in [5, 5.41) is 0. The Morgan fingerprint density at radius 2 is 1.12 bits per heavy atom. The molecular weight excluding hydrogens is 336 g/mol. The third-order valence-electron chi connectivity index (χ3n) is 5.13. The molecule has 2 radical (unpaired) electrons. The Morgan fingerprint density at radius 3 is 1.48 bits per heavy atom. The Kier molecular flexibility index (Phi) is 4.88. The SMILES string of the molecule is C[Si](C=Cc1ccc2c(c1)CC2)O[Si](C)C=Cc1ccc2c(c1)CC2. The molecule has 2 aromatic rings. The molecule has 0 fully saturated rings. The molecule has 2 aliphatic rings. The molecule has 0 bridgehead atoms. The van der Waals surface area contributed by atoms with Crippen LogP contribution in [-0.2, 0) is 29.8 Å². The number of hydrogen-bond donors (Lipinski definition) is 0. The van der Waals surface area contributed by atoms with Crippen LogP contribution in [0.3, 0.4) is 0 Å². The van der Waals surface area contributed by atoms with E-state index >= 15 is 0 Å². The number of benzene rings is 2. The quantitative estimate of drug-likeness (QED) is 0.662. The van der Waals surface area contributed by atoms with Crippen molar-refractivity contribution >= 4 is 30.2 Å². The summed E-state index contributed by atoms with van der Waals surface area (Å²) in [5.74, 6) is 0. The lowest BCUT2D eigenvalue weighted by atomic mass is 9.87. The summed E-state index contributed by atoms with van der Waals surface area (Å²) in [4.78, 5) is 0. The van der Waals surface area contributed by atoms with E-state index in [0.29, 0.717) is 0 Å². The van der Waals surface area contributed by atoms with E-state index in [4.69, 9.17) is 4.12 Å². The first-order valence-corrected chi connectivity index (χ1v) is 13.1. The molecule has 25 heavy (non-hydrogen) atoms. The normalized spacial score (nSPS) is 15.5. The van der Waals surface area contributed by atoms with Gasteiger partial charge >= 0.3 is 0 Å². The van der Waals surface area contributed by atoms with E-state index in [1.54, 1.807) is 0 Å². The smallest absolute Gasteiger partial charge is 0.223 e. The van der Waals surface area contributed by atoms with Crippen LogP contribution in [0, 0.1) is 0 Å². The summed E-state index contributed by atoms with van der Waals surface area (Å²) < 4.78 is 6.26. The first kappa shape index (κ1) is 16.8. The maximum atomic E-state index is 6.26. The highest BCUT2D eigenvalue weighted by atomic mass is 28.4. The van der Waals surface area contributed by atoms with Crippen LogP contribution < -0.4 is 0 Å². The van der Waals surface area contributed by atoms with Crippen molar-refractivity contribution in [3.63, 3.8) is 0 Å². The minimum absolute atomic E-state index is 0.884. The van der Waals surface area contributed by atoms with E-state index in [2.05, 4.69) is 73.0 Å². The lowest BCUT2D eigenvalue weighted by molar-refractivity contribution is 0.619. The average molecular weight is 361 g/mol. The topological polar surface area (TPSA) is 9.23 Å². The highest BCUT2D eigenvalue weighted by molar-refractivity contribution is 6.70. The zero-order valence-electron chi connectivity index (χ0n) is 15.0. The van der Waals surface area contributed by atoms with Crippen LogP contribution in [0.5, 0.6) is 0 Å². The van der Waals surface area contributed by atoms with Crippen molar-refractivity contribution in [2.45, 2.75) is 38.8 Å². The third kappa shape index (κ3) is 3.94. The zero-order chi connectivity index (χ0) is 17.2. The highest BCUT2D eigenvalue weighted by Crippen LogP contribution is 2.25. The Morgan fingerprint density at radius 1 is 0.680 bits per heavy atom. The molecule has 0 heterocycles. The van der Waals surface area contributed by atoms with E-state index in [0.717, 1.165) is 0 Å². The van der Waals surface area contributed by atoms with Gasteiger partial charge in [-0.25, -0.2) is 0 Å². The van der Waals surface area contributed by atoms with Crippen LogP contribution in [0.4, 0.5) is 0 Å². The summed E-state index contributed by atoms with van der Waals surface area (Å²) in [6.45, 7) is 4.46. The summed E-state index contributed by atoms with van der Waals surface area (Å²) in [6.07, 6.45) is 9.47. The maximum absolute atomic E-state index is 6.26. The van der Waals surface area contributed by atoms with Gasteiger partial charge in [-0.1, -0.05) is 59.9 Å². The van der Waals surface area contributed by atoms with Crippen molar-refractivity contribution in [3.8, 4) is 0 Å². The van der Waals surface area contributed by atoms with Crippen molar-refractivity contribution in [3.05, 3.63) is 81.2 Å². The number of rotatable bonds is 6. The van der Waals surface area contributed by atoms with Gasteiger partial charge in [-0.3, -0.25) is 0 Å². The fourth-order valence-electron chi connectivity index (χ4n) is 3.39. The molecule has 0 amide bonds. The number of fused-ring (bicyclic) bond motifs is 2. The number of hydrogen-bond acceptors (Lipinski definition) is 1. The van der Waals surface area contributed by atoms with E-state index in [9.17, 15) is 0 Å². The van der Waals surface area contributed by atoms with Crippen molar-refractivity contribution in [2.75, 3.05) is 0 Å². The minimum Gasteiger partial charge on any atom is -0.450 e. The van der Waals surface area contributed by atoms with Gasteiger partial charge in [-0.05, 0) is 72.2 Å². The summed E-state index contributed by atoms with van der Waals surface area (Å²) in [6, 6.07) is 13.7. The molecule has 0 aromatic heterocycles. The fraction of sp³-hybridized carbons (Fsp3) is 0.273. The van der Waals surface area contributed by atoms with E-state index in [1.165, 1.54) is 59.1 Å². The van der Waals surface area contributed by atoms with Gasteiger partial charge in [0, 0.05) is 0 Å². The summed E-state index contributed by atoms with van der Waals surface area (Å²) >= 11 is 0. The zero-order valence-corrected chi connectivity index (χ0v) is 17.0. The fourth-order valence-corrected chi connectivity index (χ4v) is 6.82. The largest absolute Gasteiger partial charge is 0.450 e. The minimum atomic E-state index is -0.884. The molecule has 2 aromatic carbocycles. The lowest BCUT2D eigenvalue weighted by Gasteiger charge is -2.18. The molecule has 0 aliphatic heterocycles. The van der Waals surface area contributed by atoms with Crippen LogP contribution in [0.2, 0.25) is 13.1 Å². The van der Waals surface area contributed by atoms with Gasteiger partial charge in [0.1, 0.15) is 0 Å². The molecule has 126 valence electrons. The standard InChI is InChI=1S/C22H24OSi2/c1-24(13-11-17-3-5-19-7-9-21(19)15-17)23-25(2)14-12-18-4-6-20-8-10-22(20)16-18/h3-6,11-16H,7-10H2,1-2H3. The average Bonchev–Trinajstić information content (AvgIpc) is 2.55. The predicted octanol–water partition coefficient (Wildman–Crippen LogP) is 4.95. The van der Waals surface area contributed by atoms with Gasteiger partial charge in [0.15, 0.2) is 0 Å². The molecule has 0 atom stereocenters. The van der Waals surface area contributed by atoms with Gasteiger partial charge in [0.25, 0.3) is 0 Å². The van der Waals surface area contributed by atoms with Crippen LogP contribution >= 0.6 is 0 Å². The summed E-state index contributed by atoms with van der Waals surface area (Å²) in [7, 11) is -1.77. The lowest BCUT2D eigenvalue weighted by Crippen LogP contribution is -2.21. The van der Waals surface area contributed by atoms with Crippen LogP contribution in [0.1, 0.15) is 33.4 Å². The molecular formula is C22H24OSi2. The second-order valence-corrected chi connectivity index (χ2v) is 11.0. The first-order valence-electron chi connectivity index (χ1n) is 9.12. The van der Waals surface area contributed by atoms with Gasteiger partial charge in [0.05, 0.1) is 0 Å². The van der Waals surface area contributed by atoms with E-state index < -0.39 is 18.1 Å². The monoisotopic (exact) mass is 360 g/mol. The molecule has 2 aliphatic carbocycles. The Labute approximate surface area is 154 Å². The first-order chi connectivity index (χ1) is 12.2.